The quantitative estimate of drug-likeness (QED) is 0.449. The van der Waals surface area contributed by atoms with Crippen LogP contribution in [0, 0.1) is 0 Å². The average Bonchev–Trinajstić information content (AvgIpc) is 2.11. The number of hydrogen-bond acceptors (Lipinski definition) is 3. The molecular weight excluding hydrogens is 172 g/mol. The molecule has 3 nitrogen and oxygen atoms in total. The van der Waals surface area contributed by atoms with Crippen molar-refractivity contribution in [3.63, 3.8) is 0 Å². The molecule has 0 N–H and O–H groups in total. The van der Waals surface area contributed by atoms with Gasteiger partial charge in [0.25, 0.3) is 8.32 Å². The smallest absolute Gasteiger partial charge is 0.263 e. The number of rotatable bonds is 7. The highest BCUT2D eigenvalue weighted by Crippen LogP contribution is 2.05. The monoisotopic (exact) mass is 188 g/mol. The van der Waals surface area contributed by atoms with Crippen LogP contribution in [-0.2, 0) is 13.9 Å². The van der Waals surface area contributed by atoms with Gasteiger partial charge in [-0.2, -0.15) is 0 Å². The van der Waals surface area contributed by atoms with E-state index >= 15 is 0 Å². The second-order valence-corrected chi connectivity index (χ2v) is 6.49. The van der Waals surface area contributed by atoms with E-state index in [9.17, 15) is 0 Å². The molecule has 0 saturated heterocycles. The Bertz CT molecular complexity index is 135. The molecule has 0 spiro atoms. The molecule has 0 atom stereocenters. The van der Waals surface area contributed by atoms with Gasteiger partial charge in [-0.3, -0.25) is 0 Å². The summed E-state index contributed by atoms with van der Waals surface area (Å²) >= 11 is 0. The second-order valence-electron chi connectivity index (χ2n) is 2.61. The van der Waals surface area contributed by atoms with Crippen molar-refractivity contribution in [2.45, 2.75) is 6.55 Å². The number of ether oxygens (including phenoxy) is 2. The third-order valence-corrected chi connectivity index (χ3v) is 4.05. The van der Waals surface area contributed by atoms with Crippen LogP contribution in [0.1, 0.15) is 0 Å². The molecule has 0 aromatic heterocycles. The molecule has 12 heavy (non-hydrogen) atoms. The first-order valence-corrected chi connectivity index (χ1v) is 6.51. The summed E-state index contributed by atoms with van der Waals surface area (Å²) in [5.41, 5.74) is 0. The van der Waals surface area contributed by atoms with E-state index in [1.165, 1.54) is 12.5 Å². The number of hydrogen-bond donors (Lipinski definition) is 0. The minimum Gasteiger partial charge on any atom is -0.502 e. The van der Waals surface area contributed by atoms with E-state index in [0.29, 0.717) is 12.5 Å². The third kappa shape index (κ3) is 4.20. The van der Waals surface area contributed by atoms with E-state index in [4.69, 9.17) is 13.9 Å². The van der Waals surface area contributed by atoms with Crippen LogP contribution in [-0.4, -0.2) is 27.9 Å². The lowest BCUT2D eigenvalue weighted by Gasteiger charge is -2.23. The van der Waals surface area contributed by atoms with Gasteiger partial charge in [-0.25, -0.2) is 0 Å². The molecule has 0 unspecified atom stereocenters. The molecule has 0 aliphatic carbocycles. The van der Waals surface area contributed by atoms with Crippen molar-refractivity contribution in [2.24, 2.45) is 0 Å². The minimum absolute atomic E-state index is 0.556. The van der Waals surface area contributed by atoms with Gasteiger partial charge >= 0.3 is 0 Å². The SMILES string of the molecule is C=COC[Si](C)(COC=C)OC. The van der Waals surface area contributed by atoms with Gasteiger partial charge in [-0.15, -0.1) is 0 Å². The molecule has 0 bridgehead atoms. The van der Waals surface area contributed by atoms with Crippen molar-refractivity contribution in [1.82, 2.24) is 0 Å². The first kappa shape index (κ1) is 11.3. The van der Waals surface area contributed by atoms with Gasteiger partial charge in [-0.1, -0.05) is 13.2 Å². The molecule has 0 aliphatic heterocycles. The van der Waals surface area contributed by atoms with Crippen molar-refractivity contribution in [2.75, 3.05) is 19.6 Å². The van der Waals surface area contributed by atoms with Gasteiger partial charge in [-0.05, 0) is 6.55 Å². The Morgan fingerprint density at radius 2 is 1.58 bits per heavy atom. The van der Waals surface area contributed by atoms with Crippen LogP contribution in [0.2, 0.25) is 6.55 Å². The van der Waals surface area contributed by atoms with Crippen molar-refractivity contribution in [3.05, 3.63) is 25.7 Å². The van der Waals surface area contributed by atoms with Gasteiger partial charge in [0.1, 0.15) is 12.5 Å². The van der Waals surface area contributed by atoms with Gasteiger partial charge in [0.05, 0.1) is 12.5 Å². The normalized spacial score (nSPS) is 10.5. The zero-order valence-corrected chi connectivity index (χ0v) is 8.71. The van der Waals surface area contributed by atoms with Crippen LogP contribution in [0.4, 0.5) is 0 Å². The Balaban J connectivity index is 3.84. The second kappa shape index (κ2) is 5.85. The Kier molecular flexibility index (Phi) is 5.49. The molecule has 0 heterocycles. The summed E-state index contributed by atoms with van der Waals surface area (Å²) in [4.78, 5) is 0. The maximum absolute atomic E-state index is 5.34. The van der Waals surface area contributed by atoms with Crippen LogP contribution in [0.15, 0.2) is 25.7 Å². The lowest BCUT2D eigenvalue weighted by Crippen LogP contribution is -2.44. The van der Waals surface area contributed by atoms with Crippen LogP contribution in [0.3, 0.4) is 0 Å². The summed E-state index contributed by atoms with van der Waals surface area (Å²) in [7, 11) is -0.181. The fourth-order valence-corrected chi connectivity index (χ4v) is 1.89. The first-order chi connectivity index (χ1) is 5.68. The fourth-order valence-electron chi connectivity index (χ4n) is 0.630. The van der Waals surface area contributed by atoms with E-state index in [0.717, 1.165) is 0 Å². The molecular formula is C8H16O3Si. The van der Waals surface area contributed by atoms with Crippen molar-refractivity contribution in [1.29, 1.82) is 0 Å². The van der Waals surface area contributed by atoms with Crippen molar-refractivity contribution >= 4 is 8.32 Å². The van der Waals surface area contributed by atoms with Gasteiger partial charge in [0.15, 0.2) is 0 Å². The Morgan fingerprint density at radius 3 is 1.83 bits per heavy atom. The van der Waals surface area contributed by atoms with Crippen LogP contribution in [0.5, 0.6) is 0 Å². The molecule has 0 rings (SSSR count). The summed E-state index contributed by atoms with van der Waals surface area (Å²) in [6, 6.07) is 0. The van der Waals surface area contributed by atoms with E-state index in [1.807, 2.05) is 6.55 Å². The minimum atomic E-state index is -1.85. The summed E-state index contributed by atoms with van der Waals surface area (Å²) in [5.74, 6) is 0. The van der Waals surface area contributed by atoms with E-state index < -0.39 is 8.32 Å². The van der Waals surface area contributed by atoms with E-state index in [-0.39, 0.29) is 0 Å². The molecule has 70 valence electrons. The average molecular weight is 188 g/mol. The maximum Gasteiger partial charge on any atom is 0.263 e. The zero-order valence-electron chi connectivity index (χ0n) is 7.71. The van der Waals surface area contributed by atoms with E-state index in [2.05, 4.69) is 13.2 Å². The first-order valence-electron chi connectivity index (χ1n) is 3.68. The van der Waals surface area contributed by atoms with Gasteiger partial charge < -0.3 is 13.9 Å². The molecule has 0 radical (unpaired) electrons. The van der Waals surface area contributed by atoms with Crippen molar-refractivity contribution < 1.29 is 13.9 Å². The van der Waals surface area contributed by atoms with Gasteiger partial charge in [0.2, 0.25) is 0 Å². The summed E-state index contributed by atoms with van der Waals surface area (Å²) < 4.78 is 15.5. The largest absolute Gasteiger partial charge is 0.502 e. The van der Waals surface area contributed by atoms with Crippen LogP contribution in [0.25, 0.3) is 0 Å². The standard InChI is InChI=1S/C8H16O3Si/c1-5-10-7-12(4,9-3)8-11-6-2/h5-6H,1-2,7-8H2,3-4H3. The molecule has 0 saturated carbocycles. The van der Waals surface area contributed by atoms with E-state index in [1.54, 1.807) is 7.11 Å². The predicted molar refractivity (Wildman–Crippen MR) is 50.9 cm³/mol. The lowest BCUT2D eigenvalue weighted by atomic mass is 11.1. The summed E-state index contributed by atoms with van der Waals surface area (Å²) in [6.45, 7) is 8.95. The molecule has 0 aromatic carbocycles. The highest BCUT2D eigenvalue weighted by Gasteiger charge is 2.29. The van der Waals surface area contributed by atoms with Gasteiger partial charge in [0, 0.05) is 7.11 Å². The van der Waals surface area contributed by atoms with Crippen molar-refractivity contribution in [3.8, 4) is 0 Å². The molecule has 0 fully saturated rings. The summed E-state index contributed by atoms with van der Waals surface area (Å²) in [5, 5.41) is 0. The third-order valence-electron chi connectivity index (χ3n) is 1.51. The van der Waals surface area contributed by atoms with Crippen LogP contribution >= 0.6 is 0 Å². The Hall–Kier alpha value is -0.743. The topological polar surface area (TPSA) is 27.7 Å². The molecule has 0 aromatic rings. The highest BCUT2D eigenvalue weighted by molar-refractivity contribution is 6.72. The Morgan fingerprint density at radius 1 is 1.17 bits per heavy atom. The fraction of sp³-hybridized carbons (Fsp3) is 0.500. The summed E-state index contributed by atoms with van der Waals surface area (Å²) in [6.07, 6.45) is 3.94. The lowest BCUT2D eigenvalue weighted by molar-refractivity contribution is 0.227. The highest BCUT2D eigenvalue weighted by atomic mass is 28.4. The molecule has 0 aliphatic rings. The maximum atomic E-state index is 5.34. The predicted octanol–water partition coefficient (Wildman–Crippen LogP) is 1.61. The zero-order chi connectivity index (χ0) is 9.45. The molecule has 4 heteroatoms. The Labute approximate surface area is 74.8 Å². The van der Waals surface area contributed by atoms with Crippen LogP contribution < -0.4 is 0 Å². The molecule has 0 amide bonds.